The Morgan fingerprint density at radius 2 is 2.06 bits per heavy atom. The second-order valence-electron chi connectivity index (χ2n) is 6.52. The summed E-state index contributed by atoms with van der Waals surface area (Å²) < 4.78 is 45.9. The number of amides is 1. The Kier molecular flexibility index (Phi) is 7.77. The summed E-state index contributed by atoms with van der Waals surface area (Å²) in [5.41, 5.74) is -0.595. The van der Waals surface area contributed by atoms with Gasteiger partial charge in [-0.05, 0) is 35.6 Å². The fourth-order valence-electron chi connectivity index (χ4n) is 2.94. The normalized spacial score (nSPS) is 11.1. The molecule has 0 spiro atoms. The number of thioether (sulfide) groups is 1. The number of methoxy groups -OCH3 is 1. The van der Waals surface area contributed by atoms with Gasteiger partial charge in [-0.1, -0.05) is 36.0 Å². The van der Waals surface area contributed by atoms with Gasteiger partial charge in [-0.3, -0.25) is 4.79 Å². The zero-order valence-electron chi connectivity index (χ0n) is 16.9. The lowest BCUT2D eigenvalue weighted by Gasteiger charge is -2.14. The van der Waals surface area contributed by atoms with Gasteiger partial charge in [-0.15, -0.1) is 11.3 Å². The van der Waals surface area contributed by atoms with Crippen molar-refractivity contribution in [1.29, 1.82) is 5.26 Å². The van der Waals surface area contributed by atoms with Crippen LogP contribution >= 0.6 is 23.1 Å². The highest BCUT2D eigenvalue weighted by Gasteiger charge is 2.36. The summed E-state index contributed by atoms with van der Waals surface area (Å²) in [4.78, 5) is 17.0. The monoisotopic (exact) mass is 477 g/mol. The Hall–Kier alpha value is -3.03. The molecule has 32 heavy (non-hydrogen) atoms. The van der Waals surface area contributed by atoms with Crippen molar-refractivity contribution in [2.45, 2.75) is 17.6 Å². The average molecular weight is 478 g/mol. The minimum absolute atomic E-state index is 0.116. The maximum atomic E-state index is 13.6. The van der Waals surface area contributed by atoms with E-state index in [0.717, 1.165) is 23.4 Å². The molecule has 0 atom stereocenters. The van der Waals surface area contributed by atoms with E-state index in [-0.39, 0.29) is 22.4 Å². The summed E-state index contributed by atoms with van der Waals surface area (Å²) in [6, 6.07) is 13.2. The van der Waals surface area contributed by atoms with Gasteiger partial charge in [0.25, 0.3) is 0 Å². The zero-order valence-corrected chi connectivity index (χ0v) is 18.5. The molecule has 166 valence electrons. The number of halogens is 3. The van der Waals surface area contributed by atoms with Crippen LogP contribution in [0.3, 0.4) is 0 Å². The van der Waals surface area contributed by atoms with E-state index in [1.807, 2.05) is 24.3 Å². The summed E-state index contributed by atoms with van der Waals surface area (Å²) in [6.07, 6.45) is -4.18. The van der Waals surface area contributed by atoms with Gasteiger partial charge < -0.3 is 10.1 Å². The number of rotatable bonds is 8. The van der Waals surface area contributed by atoms with Gasteiger partial charge >= 0.3 is 6.18 Å². The number of carbonyl (C=O) groups excluding carboxylic acids is 1. The molecule has 3 aromatic rings. The first kappa shape index (κ1) is 23.6. The Bertz CT molecular complexity index is 1130. The molecular formula is C22H18F3N3O2S2. The summed E-state index contributed by atoms with van der Waals surface area (Å²) in [6.45, 7) is 0.335. The standard InChI is InChI=1S/C22H18F3N3O2S2/c1-30-18-6-3-2-5-14(18)8-9-27-20(29)13-32-21-15(12-26)16(22(23,24)25)11-17(28-21)19-7-4-10-31-19/h2-7,10-11H,8-9,13H2,1H3,(H,27,29). The van der Waals surface area contributed by atoms with Crippen LogP contribution < -0.4 is 10.1 Å². The van der Waals surface area contributed by atoms with Crippen molar-refractivity contribution < 1.29 is 22.7 Å². The average Bonchev–Trinajstić information content (AvgIpc) is 3.31. The van der Waals surface area contributed by atoms with Gasteiger partial charge in [0.2, 0.25) is 5.91 Å². The molecule has 1 amide bonds. The zero-order chi connectivity index (χ0) is 23.1. The van der Waals surface area contributed by atoms with E-state index in [1.54, 1.807) is 30.7 Å². The molecule has 3 rings (SSSR count). The second-order valence-corrected chi connectivity index (χ2v) is 8.43. The third kappa shape index (κ3) is 5.81. The van der Waals surface area contributed by atoms with E-state index in [2.05, 4.69) is 10.3 Å². The molecule has 1 aromatic carbocycles. The number of pyridine rings is 1. The Labute approximate surface area is 191 Å². The van der Waals surface area contributed by atoms with E-state index in [0.29, 0.717) is 23.6 Å². The van der Waals surface area contributed by atoms with Crippen molar-refractivity contribution in [3.63, 3.8) is 0 Å². The van der Waals surface area contributed by atoms with Gasteiger partial charge in [0, 0.05) is 6.54 Å². The van der Waals surface area contributed by atoms with Crippen molar-refractivity contribution in [3.8, 4) is 22.4 Å². The number of nitriles is 1. The number of nitrogens with zero attached hydrogens (tertiary/aromatic N) is 2. The predicted molar refractivity (Wildman–Crippen MR) is 118 cm³/mol. The van der Waals surface area contributed by atoms with E-state index in [4.69, 9.17) is 4.74 Å². The molecule has 0 aliphatic carbocycles. The number of hydrogen-bond acceptors (Lipinski definition) is 6. The quantitative estimate of drug-likeness (QED) is 0.454. The molecule has 10 heteroatoms. The summed E-state index contributed by atoms with van der Waals surface area (Å²) in [7, 11) is 1.56. The largest absolute Gasteiger partial charge is 0.496 e. The van der Waals surface area contributed by atoms with Crippen LogP contribution in [0.2, 0.25) is 0 Å². The molecule has 0 radical (unpaired) electrons. The van der Waals surface area contributed by atoms with E-state index >= 15 is 0 Å². The van der Waals surface area contributed by atoms with Gasteiger partial charge in [-0.2, -0.15) is 18.4 Å². The Balaban J connectivity index is 1.71. The summed E-state index contributed by atoms with van der Waals surface area (Å²) in [5, 5.41) is 13.7. The summed E-state index contributed by atoms with van der Waals surface area (Å²) >= 11 is 2.05. The van der Waals surface area contributed by atoms with Gasteiger partial charge in [0.05, 0.1) is 34.6 Å². The van der Waals surface area contributed by atoms with Crippen LogP contribution in [0.4, 0.5) is 13.2 Å². The smallest absolute Gasteiger partial charge is 0.417 e. The maximum Gasteiger partial charge on any atom is 0.417 e. The Morgan fingerprint density at radius 1 is 1.28 bits per heavy atom. The molecule has 0 aliphatic rings. The molecule has 1 N–H and O–H groups in total. The number of aromatic nitrogens is 1. The molecule has 0 unspecified atom stereocenters. The van der Waals surface area contributed by atoms with Gasteiger partial charge in [0.1, 0.15) is 16.8 Å². The van der Waals surface area contributed by atoms with Crippen molar-refractivity contribution in [3.05, 3.63) is 64.5 Å². The number of thiophene rings is 1. The van der Waals surface area contributed by atoms with Crippen LogP contribution in [0.15, 0.2) is 52.9 Å². The minimum atomic E-state index is -4.72. The Morgan fingerprint density at radius 3 is 2.72 bits per heavy atom. The molecule has 0 saturated carbocycles. The number of nitrogens with one attached hydrogen (secondary N) is 1. The van der Waals surface area contributed by atoms with Crippen molar-refractivity contribution >= 4 is 29.0 Å². The maximum absolute atomic E-state index is 13.6. The summed E-state index contributed by atoms with van der Waals surface area (Å²) in [5.74, 6) is 0.174. The van der Waals surface area contributed by atoms with Crippen LogP contribution in [0.1, 0.15) is 16.7 Å². The van der Waals surface area contributed by atoms with Crippen molar-refractivity contribution in [1.82, 2.24) is 10.3 Å². The first-order chi connectivity index (χ1) is 15.3. The molecule has 0 fully saturated rings. The number of benzene rings is 1. The molecule has 0 aliphatic heterocycles. The van der Waals surface area contributed by atoms with E-state index < -0.39 is 17.3 Å². The number of carbonyl (C=O) groups is 1. The topological polar surface area (TPSA) is 75.0 Å². The number of alkyl halides is 3. The fraction of sp³-hybridized carbons (Fsp3) is 0.227. The van der Waals surface area contributed by atoms with Gasteiger partial charge in [-0.25, -0.2) is 4.98 Å². The minimum Gasteiger partial charge on any atom is -0.496 e. The van der Waals surface area contributed by atoms with E-state index in [9.17, 15) is 23.2 Å². The highest BCUT2D eigenvalue weighted by molar-refractivity contribution is 8.00. The molecule has 0 saturated heterocycles. The first-order valence-electron chi connectivity index (χ1n) is 9.41. The first-order valence-corrected chi connectivity index (χ1v) is 11.3. The number of para-hydroxylation sites is 1. The predicted octanol–water partition coefficient (Wildman–Crippen LogP) is 5.16. The van der Waals surface area contributed by atoms with Crippen LogP contribution in [0, 0.1) is 11.3 Å². The number of hydrogen-bond donors (Lipinski definition) is 1. The van der Waals surface area contributed by atoms with Crippen LogP contribution in [0.25, 0.3) is 10.6 Å². The number of ether oxygens (including phenoxy) is 1. The fourth-order valence-corrected chi connectivity index (χ4v) is 4.46. The molecular weight excluding hydrogens is 459 g/mol. The van der Waals surface area contributed by atoms with Crippen molar-refractivity contribution in [2.75, 3.05) is 19.4 Å². The van der Waals surface area contributed by atoms with Crippen LogP contribution in [-0.2, 0) is 17.4 Å². The lowest BCUT2D eigenvalue weighted by Crippen LogP contribution is -2.27. The van der Waals surface area contributed by atoms with Crippen LogP contribution in [0.5, 0.6) is 5.75 Å². The van der Waals surface area contributed by atoms with Gasteiger partial charge in [0.15, 0.2) is 0 Å². The molecule has 2 heterocycles. The van der Waals surface area contributed by atoms with E-state index in [1.165, 1.54) is 11.3 Å². The highest BCUT2D eigenvalue weighted by Crippen LogP contribution is 2.38. The SMILES string of the molecule is COc1ccccc1CCNC(=O)CSc1nc(-c2cccs2)cc(C(F)(F)F)c1C#N. The molecule has 2 aromatic heterocycles. The highest BCUT2D eigenvalue weighted by atomic mass is 32.2. The second kappa shape index (κ2) is 10.5. The lowest BCUT2D eigenvalue weighted by molar-refractivity contribution is -0.138. The third-order valence-corrected chi connectivity index (χ3v) is 6.29. The van der Waals surface area contributed by atoms with Crippen LogP contribution in [-0.4, -0.2) is 30.3 Å². The lowest BCUT2D eigenvalue weighted by atomic mass is 10.1. The van der Waals surface area contributed by atoms with Crippen molar-refractivity contribution in [2.24, 2.45) is 0 Å². The third-order valence-electron chi connectivity index (χ3n) is 4.43. The molecule has 5 nitrogen and oxygen atoms in total. The molecule has 0 bridgehead atoms.